The van der Waals surface area contributed by atoms with Crippen LogP contribution in [0.3, 0.4) is 0 Å². The molecule has 0 atom stereocenters. The van der Waals surface area contributed by atoms with Crippen LogP contribution in [0.25, 0.3) is 11.0 Å². The predicted molar refractivity (Wildman–Crippen MR) is 97.8 cm³/mol. The number of carbonyl (C=O) groups excluding carboxylic acids is 1. The smallest absolute Gasteiger partial charge is 0.336 e. The molecule has 3 aromatic rings. The highest BCUT2D eigenvalue weighted by molar-refractivity contribution is 8.00. The first-order chi connectivity index (χ1) is 11.5. The van der Waals surface area contributed by atoms with Crippen molar-refractivity contribution in [3.8, 4) is 0 Å². The number of anilines is 1. The van der Waals surface area contributed by atoms with Crippen molar-refractivity contribution in [2.24, 2.45) is 0 Å². The summed E-state index contributed by atoms with van der Waals surface area (Å²) in [6.45, 7) is 3.88. The van der Waals surface area contributed by atoms with E-state index in [9.17, 15) is 9.59 Å². The average Bonchev–Trinajstić information content (AvgIpc) is 2.53. The first kappa shape index (κ1) is 16.3. The van der Waals surface area contributed by atoms with Gasteiger partial charge in [0, 0.05) is 28.1 Å². The lowest BCUT2D eigenvalue weighted by molar-refractivity contribution is -0.113. The number of carbonyl (C=O) groups is 1. The van der Waals surface area contributed by atoms with Crippen LogP contribution in [0.4, 0.5) is 5.69 Å². The Bertz CT molecular complexity index is 962. The topological polar surface area (TPSA) is 59.3 Å². The Morgan fingerprint density at radius 3 is 2.67 bits per heavy atom. The number of nitrogens with one attached hydrogen (secondary N) is 1. The summed E-state index contributed by atoms with van der Waals surface area (Å²) in [6, 6.07) is 14.8. The van der Waals surface area contributed by atoms with E-state index in [-0.39, 0.29) is 5.91 Å². The molecular weight excluding hydrogens is 322 g/mol. The molecule has 0 fully saturated rings. The van der Waals surface area contributed by atoms with E-state index in [0.717, 1.165) is 21.4 Å². The van der Waals surface area contributed by atoms with E-state index < -0.39 is 5.63 Å². The Morgan fingerprint density at radius 2 is 1.88 bits per heavy atom. The van der Waals surface area contributed by atoms with Gasteiger partial charge in [0.2, 0.25) is 5.91 Å². The second-order valence-corrected chi connectivity index (χ2v) is 6.58. The number of rotatable bonds is 4. The summed E-state index contributed by atoms with van der Waals surface area (Å²) in [5.74, 6) is 0.221. The van der Waals surface area contributed by atoms with E-state index in [1.165, 1.54) is 17.8 Å². The van der Waals surface area contributed by atoms with Crippen LogP contribution in [0.2, 0.25) is 0 Å². The van der Waals surface area contributed by atoms with Gasteiger partial charge in [-0.15, -0.1) is 11.8 Å². The zero-order valence-electron chi connectivity index (χ0n) is 13.5. The fourth-order valence-electron chi connectivity index (χ4n) is 2.46. The van der Waals surface area contributed by atoms with Crippen LogP contribution in [0.15, 0.2) is 62.6 Å². The number of benzene rings is 2. The van der Waals surface area contributed by atoms with E-state index >= 15 is 0 Å². The van der Waals surface area contributed by atoms with E-state index in [0.29, 0.717) is 17.0 Å². The minimum atomic E-state index is -0.390. The summed E-state index contributed by atoms with van der Waals surface area (Å²) in [6.07, 6.45) is 0. The zero-order valence-corrected chi connectivity index (χ0v) is 14.3. The van der Waals surface area contributed by atoms with Crippen LogP contribution in [0, 0.1) is 13.8 Å². The number of fused-ring (bicyclic) bond motifs is 1. The average molecular weight is 339 g/mol. The van der Waals surface area contributed by atoms with Crippen molar-refractivity contribution in [1.29, 1.82) is 0 Å². The minimum absolute atomic E-state index is 0.0994. The van der Waals surface area contributed by atoms with Crippen LogP contribution in [0.5, 0.6) is 0 Å². The number of amides is 1. The summed E-state index contributed by atoms with van der Waals surface area (Å²) in [5.41, 5.74) is 2.71. The van der Waals surface area contributed by atoms with Crippen molar-refractivity contribution in [1.82, 2.24) is 0 Å². The predicted octanol–water partition coefficient (Wildman–Crippen LogP) is 4.14. The first-order valence-electron chi connectivity index (χ1n) is 7.56. The van der Waals surface area contributed by atoms with Gasteiger partial charge < -0.3 is 9.73 Å². The van der Waals surface area contributed by atoms with Crippen LogP contribution in [-0.2, 0) is 4.79 Å². The SMILES string of the molecule is Cc1ccccc1SCC(=O)Nc1ccc2c(C)cc(=O)oc2c1. The second-order valence-electron chi connectivity index (χ2n) is 5.56. The molecule has 0 aliphatic rings. The molecule has 24 heavy (non-hydrogen) atoms. The van der Waals surface area contributed by atoms with Crippen molar-refractivity contribution < 1.29 is 9.21 Å². The molecule has 2 aromatic carbocycles. The van der Waals surface area contributed by atoms with E-state index in [1.807, 2.05) is 50.2 Å². The summed E-state index contributed by atoms with van der Waals surface area (Å²) in [5, 5.41) is 3.70. The van der Waals surface area contributed by atoms with Crippen LogP contribution in [0.1, 0.15) is 11.1 Å². The molecule has 0 unspecified atom stereocenters. The van der Waals surface area contributed by atoms with Crippen molar-refractivity contribution >= 4 is 34.3 Å². The lowest BCUT2D eigenvalue weighted by Gasteiger charge is -2.08. The van der Waals surface area contributed by atoms with Gasteiger partial charge in [-0.1, -0.05) is 18.2 Å². The summed E-state index contributed by atoms with van der Waals surface area (Å²) in [7, 11) is 0. The van der Waals surface area contributed by atoms with Gasteiger partial charge >= 0.3 is 5.63 Å². The highest BCUT2D eigenvalue weighted by Crippen LogP contribution is 2.23. The molecule has 1 heterocycles. The number of aryl methyl sites for hydroxylation is 2. The second kappa shape index (κ2) is 6.93. The molecule has 0 aliphatic heterocycles. The standard InChI is InChI=1S/C19H17NO3S/c1-12-5-3-4-6-17(12)24-11-18(21)20-14-7-8-15-13(2)9-19(22)23-16(15)10-14/h3-10H,11H2,1-2H3,(H,20,21). The monoisotopic (exact) mass is 339 g/mol. The molecule has 4 nitrogen and oxygen atoms in total. The Morgan fingerprint density at radius 1 is 1.08 bits per heavy atom. The lowest BCUT2D eigenvalue weighted by atomic mass is 10.1. The van der Waals surface area contributed by atoms with Gasteiger partial charge in [0.15, 0.2) is 0 Å². The lowest BCUT2D eigenvalue weighted by Crippen LogP contribution is -2.14. The summed E-state index contributed by atoms with van der Waals surface area (Å²) >= 11 is 1.50. The molecule has 1 aromatic heterocycles. The molecule has 1 N–H and O–H groups in total. The van der Waals surface area contributed by atoms with Gasteiger partial charge in [-0.2, -0.15) is 0 Å². The van der Waals surface area contributed by atoms with Crippen LogP contribution < -0.4 is 10.9 Å². The largest absolute Gasteiger partial charge is 0.423 e. The Kier molecular flexibility index (Phi) is 4.71. The van der Waals surface area contributed by atoms with Crippen molar-refractivity contribution in [3.63, 3.8) is 0 Å². The molecule has 1 amide bonds. The maximum atomic E-state index is 12.1. The first-order valence-corrected chi connectivity index (χ1v) is 8.54. The molecule has 5 heteroatoms. The zero-order chi connectivity index (χ0) is 17.1. The fourth-order valence-corrected chi connectivity index (χ4v) is 3.29. The number of hydrogen-bond donors (Lipinski definition) is 1. The van der Waals surface area contributed by atoms with Gasteiger partial charge in [-0.05, 0) is 43.2 Å². The number of hydrogen-bond acceptors (Lipinski definition) is 4. The molecule has 3 rings (SSSR count). The fraction of sp³-hybridized carbons (Fsp3) is 0.158. The normalized spacial score (nSPS) is 10.8. The Labute approximate surface area is 143 Å². The molecule has 122 valence electrons. The minimum Gasteiger partial charge on any atom is -0.423 e. The molecule has 0 spiro atoms. The third kappa shape index (κ3) is 3.68. The Hall–Kier alpha value is -2.53. The highest BCUT2D eigenvalue weighted by Gasteiger charge is 2.08. The number of thioether (sulfide) groups is 1. The van der Waals surface area contributed by atoms with Gasteiger partial charge in [0.25, 0.3) is 0 Å². The van der Waals surface area contributed by atoms with Gasteiger partial charge in [0.1, 0.15) is 5.58 Å². The maximum Gasteiger partial charge on any atom is 0.336 e. The van der Waals surface area contributed by atoms with E-state index in [4.69, 9.17) is 4.42 Å². The Balaban J connectivity index is 1.71. The van der Waals surface area contributed by atoms with E-state index in [1.54, 1.807) is 6.07 Å². The third-order valence-corrected chi connectivity index (χ3v) is 4.86. The van der Waals surface area contributed by atoms with Crippen LogP contribution >= 0.6 is 11.8 Å². The van der Waals surface area contributed by atoms with E-state index in [2.05, 4.69) is 5.32 Å². The molecule has 0 saturated carbocycles. The maximum absolute atomic E-state index is 12.1. The quantitative estimate of drug-likeness (QED) is 0.573. The van der Waals surface area contributed by atoms with Gasteiger partial charge in [0.05, 0.1) is 5.75 Å². The summed E-state index contributed by atoms with van der Waals surface area (Å²) in [4.78, 5) is 24.7. The van der Waals surface area contributed by atoms with Crippen molar-refractivity contribution in [2.45, 2.75) is 18.7 Å². The molecule has 0 saturated heterocycles. The van der Waals surface area contributed by atoms with Crippen molar-refractivity contribution in [3.05, 3.63) is 70.1 Å². The summed E-state index contributed by atoms with van der Waals surface area (Å²) < 4.78 is 5.20. The molecule has 0 aliphatic carbocycles. The molecular formula is C19H17NO3S. The molecule has 0 radical (unpaired) electrons. The highest BCUT2D eigenvalue weighted by atomic mass is 32.2. The van der Waals surface area contributed by atoms with Gasteiger partial charge in [-0.25, -0.2) is 4.79 Å². The third-order valence-electron chi connectivity index (χ3n) is 3.69. The van der Waals surface area contributed by atoms with Crippen molar-refractivity contribution in [2.75, 3.05) is 11.1 Å². The van der Waals surface area contributed by atoms with Gasteiger partial charge in [-0.3, -0.25) is 4.79 Å². The van der Waals surface area contributed by atoms with Crippen LogP contribution in [-0.4, -0.2) is 11.7 Å². The molecule has 0 bridgehead atoms.